The third-order valence-corrected chi connectivity index (χ3v) is 10.7. The largest absolute Gasteiger partial charge is 0.441 e. The average molecular weight is 630 g/mol. The van der Waals surface area contributed by atoms with E-state index < -0.39 is 84.3 Å². The van der Waals surface area contributed by atoms with Crippen molar-refractivity contribution in [3.63, 3.8) is 0 Å². The molecule has 45 heavy (non-hydrogen) atoms. The normalized spacial score (nSPS) is 33.6. The summed E-state index contributed by atoms with van der Waals surface area (Å²) in [5.41, 5.74) is -0.739. The Morgan fingerprint density at radius 1 is 1.16 bits per heavy atom. The van der Waals surface area contributed by atoms with Gasteiger partial charge in [0.15, 0.2) is 6.10 Å². The molecule has 0 aromatic heterocycles. The smallest absolute Gasteiger partial charge is 0.408 e. The SMILES string of the molecule is CC(C)(C)[C@H](NC(=O)OC(CF)CF)C(=O)N1CC2[C@H]3C[C@@H]([C@@H]2[C@H]1C(=O)N1C[C@]2(C[C@H]1C#N)C(=O)Nc1ccccc12)[C@H](F)C3. The van der Waals surface area contributed by atoms with E-state index in [0.717, 1.165) is 0 Å². The molecule has 2 aliphatic carbocycles. The van der Waals surface area contributed by atoms with E-state index in [0.29, 0.717) is 24.1 Å². The number of anilines is 1. The molecule has 242 valence electrons. The first-order chi connectivity index (χ1) is 21.3. The molecule has 1 unspecified atom stereocenters. The molecule has 6 rings (SSSR count). The van der Waals surface area contributed by atoms with E-state index in [4.69, 9.17) is 4.74 Å². The molecule has 3 aliphatic heterocycles. The molecule has 1 spiro atoms. The van der Waals surface area contributed by atoms with E-state index in [2.05, 4.69) is 16.7 Å². The quantitative estimate of drug-likeness (QED) is 0.497. The van der Waals surface area contributed by atoms with Crippen LogP contribution in [-0.4, -0.2) is 90.5 Å². The van der Waals surface area contributed by atoms with E-state index in [1.165, 1.54) is 9.80 Å². The maximum atomic E-state index is 15.2. The Morgan fingerprint density at radius 3 is 2.53 bits per heavy atom. The number of amides is 4. The van der Waals surface area contributed by atoms with Gasteiger partial charge >= 0.3 is 6.09 Å². The molecule has 3 heterocycles. The van der Waals surface area contributed by atoms with Gasteiger partial charge in [-0.2, -0.15) is 5.26 Å². The number of hydrogen-bond acceptors (Lipinski definition) is 6. The van der Waals surface area contributed by atoms with E-state index in [1.54, 1.807) is 45.0 Å². The zero-order valence-electron chi connectivity index (χ0n) is 25.5. The van der Waals surface area contributed by atoms with Gasteiger partial charge < -0.3 is 25.2 Å². The Hall–Kier alpha value is -3.82. The van der Waals surface area contributed by atoms with Crippen molar-refractivity contribution in [2.24, 2.45) is 29.1 Å². The Morgan fingerprint density at radius 2 is 1.87 bits per heavy atom. The fourth-order valence-corrected chi connectivity index (χ4v) is 8.63. The first kappa shape index (κ1) is 31.2. The number of benzene rings is 1. The third kappa shape index (κ3) is 4.91. The summed E-state index contributed by atoms with van der Waals surface area (Å²) < 4.78 is 46.2. The number of nitrogens with zero attached hydrogens (tertiary/aromatic N) is 3. The lowest BCUT2D eigenvalue weighted by Gasteiger charge is -2.38. The Labute approximate surface area is 259 Å². The second-order valence-corrected chi connectivity index (χ2v) is 14.3. The van der Waals surface area contributed by atoms with Crippen molar-refractivity contribution in [3.05, 3.63) is 29.8 Å². The number of alkyl halides is 3. The molecule has 2 saturated heterocycles. The van der Waals surface area contributed by atoms with Crippen LogP contribution in [0.5, 0.6) is 0 Å². The number of nitrogens with one attached hydrogen (secondary N) is 2. The number of rotatable bonds is 6. The summed E-state index contributed by atoms with van der Waals surface area (Å²) in [7, 11) is 0. The van der Waals surface area contributed by atoms with Crippen LogP contribution < -0.4 is 10.6 Å². The summed E-state index contributed by atoms with van der Waals surface area (Å²) in [5.74, 6) is -2.55. The highest BCUT2D eigenvalue weighted by molar-refractivity contribution is 6.07. The summed E-state index contributed by atoms with van der Waals surface area (Å²) in [5, 5.41) is 15.5. The van der Waals surface area contributed by atoms with Gasteiger partial charge in [-0.3, -0.25) is 14.4 Å². The Kier molecular flexibility index (Phi) is 7.77. The van der Waals surface area contributed by atoms with Crippen molar-refractivity contribution in [1.82, 2.24) is 15.1 Å². The van der Waals surface area contributed by atoms with Crippen LogP contribution in [0, 0.1) is 40.4 Å². The molecule has 1 aromatic rings. The second kappa shape index (κ2) is 11.2. The van der Waals surface area contributed by atoms with Crippen LogP contribution in [0.1, 0.15) is 45.6 Å². The topological polar surface area (TPSA) is 132 Å². The number of alkyl carbamates (subject to hydrolysis) is 1. The lowest BCUT2D eigenvalue weighted by atomic mass is 9.77. The monoisotopic (exact) mass is 629 g/mol. The summed E-state index contributed by atoms with van der Waals surface area (Å²) in [6, 6.07) is 6.00. The second-order valence-electron chi connectivity index (χ2n) is 14.3. The fourth-order valence-electron chi connectivity index (χ4n) is 8.63. The highest BCUT2D eigenvalue weighted by atomic mass is 19.1. The van der Waals surface area contributed by atoms with Crippen LogP contribution in [0.2, 0.25) is 0 Å². The molecular weight excluding hydrogens is 591 g/mol. The van der Waals surface area contributed by atoms with Crippen LogP contribution in [0.3, 0.4) is 0 Å². The molecule has 2 bridgehead atoms. The van der Waals surface area contributed by atoms with E-state index in [9.17, 15) is 33.2 Å². The average Bonchev–Trinajstić information content (AvgIpc) is 3.80. The van der Waals surface area contributed by atoms with E-state index >= 15 is 4.39 Å². The van der Waals surface area contributed by atoms with Gasteiger partial charge in [0.1, 0.15) is 37.6 Å². The molecule has 5 aliphatic rings. The Bertz CT molecular complexity index is 1440. The first-order valence-corrected chi connectivity index (χ1v) is 15.5. The maximum Gasteiger partial charge on any atom is 0.408 e. The van der Waals surface area contributed by atoms with Gasteiger partial charge in [0.2, 0.25) is 17.7 Å². The van der Waals surface area contributed by atoms with Crippen molar-refractivity contribution < 1.29 is 37.1 Å². The first-order valence-electron chi connectivity index (χ1n) is 15.5. The minimum absolute atomic E-state index is 0.0202. The molecular formula is C32H38F3N5O5. The van der Waals surface area contributed by atoms with Gasteiger partial charge in [0, 0.05) is 25.2 Å². The zero-order chi connectivity index (χ0) is 32.4. The highest BCUT2D eigenvalue weighted by Crippen LogP contribution is 2.59. The Balaban J connectivity index is 1.33. The van der Waals surface area contributed by atoms with Crippen molar-refractivity contribution in [2.45, 2.75) is 75.8 Å². The number of carbonyl (C=O) groups excluding carboxylic acids is 4. The summed E-state index contributed by atoms with van der Waals surface area (Å²) >= 11 is 0. The number of fused-ring (bicyclic) bond motifs is 7. The number of likely N-dealkylation sites (tertiary alicyclic amines) is 2. The van der Waals surface area contributed by atoms with Crippen LogP contribution >= 0.6 is 0 Å². The molecule has 9 atom stereocenters. The summed E-state index contributed by atoms with van der Waals surface area (Å²) in [6.07, 6.45) is -2.90. The maximum absolute atomic E-state index is 15.2. The summed E-state index contributed by atoms with van der Waals surface area (Å²) in [4.78, 5) is 57.8. The molecule has 13 heteroatoms. The molecule has 4 fully saturated rings. The van der Waals surface area contributed by atoms with Crippen molar-refractivity contribution in [1.29, 1.82) is 5.26 Å². The fraction of sp³-hybridized carbons (Fsp3) is 0.656. The number of para-hydroxylation sites is 1. The zero-order valence-corrected chi connectivity index (χ0v) is 25.5. The predicted molar refractivity (Wildman–Crippen MR) is 155 cm³/mol. The number of ether oxygens (including phenoxy) is 1. The van der Waals surface area contributed by atoms with Gasteiger partial charge in [0.05, 0.1) is 11.5 Å². The predicted octanol–water partition coefficient (Wildman–Crippen LogP) is 3.27. The minimum atomic E-state index is -1.62. The van der Waals surface area contributed by atoms with Crippen LogP contribution in [0.15, 0.2) is 24.3 Å². The van der Waals surface area contributed by atoms with Crippen molar-refractivity contribution in [2.75, 3.05) is 31.8 Å². The molecule has 1 aromatic carbocycles. The van der Waals surface area contributed by atoms with Crippen LogP contribution in [-0.2, 0) is 24.5 Å². The van der Waals surface area contributed by atoms with Crippen molar-refractivity contribution >= 4 is 29.5 Å². The molecule has 4 amide bonds. The molecule has 2 saturated carbocycles. The number of nitriles is 1. The van der Waals surface area contributed by atoms with Crippen molar-refractivity contribution in [3.8, 4) is 6.07 Å². The lowest BCUT2D eigenvalue weighted by molar-refractivity contribution is -0.148. The molecule has 2 N–H and O–H groups in total. The molecule has 0 radical (unpaired) electrons. The van der Waals surface area contributed by atoms with Gasteiger partial charge in [-0.1, -0.05) is 39.0 Å². The number of halogens is 3. The number of carbonyl (C=O) groups is 4. The van der Waals surface area contributed by atoms with Crippen LogP contribution in [0.25, 0.3) is 0 Å². The highest BCUT2D eigenvalue weighted by Gasteiger charge is 2.65. The van der Waals surface area contributed by atoms with Gasteiger partial charge in [-0.05, 0) is 53.6 Å². The van der Waals surface area contributed by atoms with Gasteiger partial charge in [0.25, 0.3) is 0 Å². The van der Waals surface area contributed by atoms with Gasteiger partial charge in [-0.15, -0.1) is 0 Å². The van der Waals surface area contributed by atoms with Crippen LogP contribution in [0.4, 0.5) is 23.7 Å². The summed E-state index contributed by atoms with van der Waals surface area (Å²) in [6.45, 7) is 2.69. The lowest BCUT2D eigenvalue weighted by Crippen LogP contribution is -2.60. The third-order valence-electron chi connectivity index (χ3n) is 10.7. The number of hydrogen-bond donors (Lipinski definition) is 2. The standard InChI is InChI=1S/C32H38F3N5O5/c1-31(2,3)26(38-30(44)45-18(11-33)12-34)28(42)39-14-20-16-8-19(22(35)9-16)24(20)25(39)27(41)40-15-32(10-17(40)13-36)21-6-4-5-7-23(21)37-29(32)43/h4-7,16-20,22,24-26H,8-12,14-15H2,1-3H3,(H,37,43)(H,38,44)/t16-,17-,19+,20?,22+,24-,25-,26+,32-/m0/s1. The minimum Gasteiger partial charge on any atom is -0.441 e. The van der Waals surface area contributed by atoms with E-state index in [-0.39, 0.29) is 37.3 Å². The van der Waals surface area contributed by atoms with Gasteiger partial charge in [-0.25, -0.2) is 18.0 Å². The van der Waals surface area contributed by atoms with E-state index in [1.807, 2.05) is 0 Å². The molecule has 10 nitrogen and oxygen atoms in total.